The maximum atomic E-state index is 13.8. The van der Waals surface area contributed by atoms with E-state index in [0.717, 1.165) is 38.5 Å². The van der Waals surface area contributed by atoms with Crippen molar-refractivity contribution >= 4 is 17.5 Å². The Morgan fingerprint density at radius 2 is 1.76 bits per heavy atom. The van der Waals surface area contributed by atoms with Crippen molar-refractivity contribution in [2.24, 2.45) is 46.3 Å². The molecule has 0 aromatic heterocycles. The fourth-order valence-electron chi connectivity index (χ4n) is 8.37. The highest BCUT2D eigenvalue weighted by molar-refractivity contribution is 5.88. The average molecular weight is 403 g/mol. The number of esters is 1. The van der Waals surface area contributed by atoms with Crippen LogP contribution in [0, 0.1) is 46.3 Å². The molecule has 0 N–H and O–H groups in total. The number of hydrogen-bond acceptors (Lipinski definition) is 4. The minimum Gasteiger partial charge on any atom is -0.466 e. The topological polar surface area (TPSA) is 60.4 Å². The van der Waals surface area contributed by atoms with Gasteiger partial charge in [-0.15, -0.1) is 0 Å². The third-order valence-corrected chi connectivity index (χ3v) is 9.94. The molecule has 29 heavy (non-hydrogen) atoms. The van der Waals surface area contributed by atoms with Crippen molar-refractivity contribution in [3.63, 3.8) is 0 Å². The summed E-state index contributed by atoms with van der Waals surface area (Å²) >= 11 is 0. The predicted molar refractivity (Wildman–Crippen MR) is 111 cm³/mol. The zero-order valence-corrected chi connectivity index (χ0v) is 18.7. The normalized spacial score (nSPS) is 46.6. The van der Waals surface area contributed by atoms with Crippen molar-refractivity contribution in [3.8, 4) is 0 Å². The second-order valence-electron chi connectivity index (χ2n) is 11.0. The molecule has 8 atom stereocenters. The summed E-state index contributed by atoms with van der Waals surface area (Å²) in [5, 5.41) is 0. The summed E-state index contributed by atoms with van der Waals surface area (Å²) in [5.41, 5.74) is 0.327. The van der Waals surface area contributed by atoms with Gasteiger partial charge in [-0.3, -0.25) is 14.4 Å². The summed E-state index contributed by atoms with van der Waals surface area (Å²) in [7, 11) is 0. The van der Waals surface area contributed by atoms with Gasteiger partial charge in [-0.2, -0.15) is 0 Å². The van der Waals surface area contributed by atoms with Gasteiger partial charge < -0.3 is 4.74 Å². The van der Waals surface area contributed by atoms with Crippen molar-refractivity contribution in [1.29, 1.82) is 0 Å². The van der Waals surface area contributed by atoms with Crippen LogP contribution >= 0.6 is 0 Å². The number of ketones is 2. The number of hydrogen-bond donors (Lipinski definition) is 0. The molecule has 0 saturated heterocycles. The van der Waals surface area contributed by atoms with E-state index in [-0.39, 0.29) is 34.6 Å². The monoisotopic (exact) mass is 402 g/mol. The number of carbonyl (C=O) groups excluding carboxylic acids is 3. The first-order valence-electron chi connectivity index (χ1n) is 11.9. The Labute approximate surface area is 175 Å². The van der Waals surface area contributed by atoms with Crippen LogP contribution in [-0.4, -0.2) is 24.1 Å². The highest BCUT2D eigenvalue weighted by Gasteiger charge is 2.64. The van der Waals surface area contributed by atoms with E-state index in [1.54, 1.807) is 0 Å². The van der Waals surface area contributed by atoms with Crippen molar-refractivity contribution in [2.45, 2.75) is 85.5 Å². The van der Waals surface area contributed by atoms with Gasteiger partial charge in [0.05, 0.1) is 6.61 Å². The highest BCUT2D eigenvalue weighted by Crippen LogP contribution is 2.67. The molecule has 4 aliphatic carbocycles. The molecular weight excluding hydrogens is 364 g/mol. The van der Waals surface area contributed by atoms with E-state index < -0.39 is 0 Å². The zero-order chi connectivity index (χ0) is 21.0. The van der Waals surface area contributed by atoms with Gasteiger partial charge >= 0.3 is 5.97 Å². The van der Waals surface area contributed by atoms with Crippen LogP contribution in [0.15, 0.2) is 0 Å². The molecule has 4 nitrogen and oxygen atoms in total. The SMILES string of the molecule is CC[C@@H]1C(=O)C2C(CCC3(C)C2CC[C@@H]3CCOC(C)=O)C2(C)CCC(=O)CC12. The van der Waals surface area contributed by atoms with E-state index in [9.17, 15) is 14.4 Å². The van der Waals surface area contributed by atoms with E-state index in [1.165, 1.54) is 13.3 Å². The first-order valence-corrected chi connectivity index (χ1v) is 11.9. The summed E-state index contributed by atoms with van der Waals surface area (Å²) in [4.78, 5) is 37.3. The second kappa shape index (κ2) is 7.50. The van der Waals surface area contributed by atoms with Crippen molar-refractivity contribution in [3.05, 3.63) is 0 Å². The smallest absolute Gasteiger partial charge is 0.302 e. The molecule has 0 spiro atoms. The lowest BCUT2D eigenvalue weighted by atomic mass is 9.42. The molecule has 0 amide bonds. The molecule has 0 aromatic carbocycles. The maximum Gasteiger partial charge on any atom is 0.302 e. The van der Waals surface area contributed by atoms with Crippen LogP contribution in [0.1, 0.15) is 85.5 Å². The Morgan fingerprint density at radius 3 is 2.45 bits per heavy atom. The van der Waals surface area contributed by atoms with Gasteiger partial charge in [0, 0.05) is 31.6 Å². The van der Waals surface area contributed by atoms with Gasteiger partial charge in [-0.05, 0) is 79.4 Å². The Morgan fingerprint density at radius 1 is 1.03 bits per heavy atom. The molecule has 4 saturated carbocycles. The van der Waals surface area contributed by atoms with Gasteiger partial charge in [0.2, 0.25) is 0 Å². The largest absolute Gasteiger partial charge is 0.466 e. The Hall–Kier alpha value is -1.19. The minimum atomic E-state index is -0.201. The van der Waals surface area contributed by atoms with Crippen molar-refractivity contribution in [1.82, 2.24) is 0 Å². The summed E-state index contributed by atoms with van der Waals surface area (Å²) in [6.45, 7) is 8.94. The Balaban J connectivity index is 1.61. The van der Waals surface area contributed by atoms with Crippen LogP contribution in [0.3, 0.4) is 0 Å². The molecule has 4 heteroatoms. The number of rotatable bonds is 4. The molecule has 4 rings (SSSR count). The summed E-state index contributed by atoms with van der Waals surface area (Å²) < 4.78 is 5.25. The van der Waals surface area contributed by atoms with Gasteiger partial charge in [-0.1, -0.05) is 20.8 Å². The Bertz CT molecular complexity index is 699. The maximum absolute atomic E-state index is 13.8. The van der Waals surface area contributed by atoms with Crippen LogP contribution in [0.2, 0.25) is 0 Å². The molecular formula is C25H38O4. The predicted octanol–water partition coefficient (Wildman–Crippen LogP) is 4.98. The third kappa shape index (κ3) is 3.20. The van der Waals surface area contributed by atoms with Gasteiger partial charge in [-0.25, -0.2) is 0 Å². The summed E-state index contributed by atoms with van der Waals surface area (Å²) in [5.74, 6) is 2.58. The molecule has 162 valence electrons. The highest BCUT2D eigenvalue weighted by atomic mass is 16.5. The first-order chi connectivity index (χ1) is 13.7. The fraction of sp³-hybridized carbons (Fsp3) is 0.880. The fourth-order valence-corrected chi connectivity index (χ4v) is 8.37. The van der Waals surface area contributed by atoms with E-state index in [0.29, 0.717) is 48.8 Å². The summed E-state index contributed by atoms with van der Waals surface area (Å²) in [6, 6.07) is 0. The van der Waals surface area contributed by atoms with E-state index in [2.05, 4.69) is 20.8 Å². The second-order valence-corrected chi connectivity index (χ2v) is 11.0. The molecule has 4 fully saturated rings. The van der Waals surface area contributed by atoms with E-state index >= 15 is 0 Å². The van der Waals surface area contributed by atoms with E-state index in [1.807, 2.05) is 0 Å². The molecule has 0 aliphatic heterocycles. The van der Waals surface area contributed by atoms with Crippen LogP contribution in [0.25, 0.3) is 0 Å². The quantitative estimate of drug-likeness (QED) is 0.622. The zero-order valence-electron chi connectivity index (χ0n) is 18.7. The van der Waals surface area contributed by atoms with Crippen molar-refractivity contribution in [2.75, 3.05) is 6.61 Å². The van der Waals surface area contributed by atoms with Crippen LogP contribution in [0.5, 0.6) is 0 Å². The molecule has 4 aliphatic rings. The van der Waals surface area contributed by atoms with Crippen molar-refractivity contribution < 1.29 is 19.1 Å². The molecule has 0 aromatic rings. The van der Waals surface area contributed by atoms with Gasteiger partial charge in [0.1, 0.15) is 11.6 Å². The molecule has 0 heterocycles. The lowest BCUT2D eigenvalue weighted by molar-refractivity contribution is -0.169. The van der Waals surface area contributed by atoms with Gasteiger partial charge in [0.25, 0.3) is 0 Å². The lowest BCUT2D eigenvalue weighted by Gasteiger charge is -2.61. The Kier molecular flexibility index (Phi) is 5.44. The lowest BCUT2D eigenvalue weighted by Crippen LogP contribution is -2.60. The van der Waals surface area contributed by atoms with Crippen LogP contribution in [-0.2, 0) is 19.1 Å². The standard InChI is InChI=1S/C25H38O4/c1-5-18-21-14-17(27)8-11-25(21,4)20-9-12-24(3)16(10-13-29-15(2)26)6-7-19(24)22(20)23(18)28/h16,18-22H,5-14H2,1-4H3/t16-,18+,19?,20?,21?,22?,24?,25?/m1/s1. The molecule has 0 radical (unpaired) electrons. The van der Waals surface area contributed by atoms with Crippen LogP contribution < -0.4 is 0 Å². The third-order valence-electron chi connectivity index (χ3n) is 9.94. The van der Waals surface area contributed by atoms with Gasteiger partial charge in [0.15, 0.2) is 0 Å². The number of ether oxygens (including phenoxy) is 1. The number of Topliss-reactive ketones (excluding diaryl/α,β-unsaturated/α-hetero) is 2. The minimum absolute atomic E-state index is 0.0629. The number of fused-ring (bicyclic) bond motifs is 5. The summed E-state index contributed by atoms with van der Waals surface area (Å²) in [6.07, 6.45) is 8.65. The number of carbonyl (C=O) groups is 3. The first kappa shape index (κ1) is 21.1. The van der Waals surface area contributed by atoms with E-state index in [4.69, 9.17) is 4.74 Å². The van der Waals surface area contributed by atoms with Crippen LogP contribution in [0.4, 0.5) is 0 Å². The average Bonchev–Trinajstić information content (AvgIpc) is 3.00. The molecule has 6 unspecified atom stereocenters. The molecule has 0 bridgehead atoms.